The summed E-state index contributed by atoms with van der Waals surface area (Å²) in [5.74, 6) is 0.586. The molecule has 9 heteroatoms. The number of carbonyl (C=O) groups is 1. The van der Waals surface area contributed by atoms with Gasteiger partial charge in [-0.3, -0.25) is 18.8 Å². The minimum atomic E-state index is -0.203. The maximum Gasteiger partial charge on any atom is 0.280 e. The average molecular weight is 452 g/mol. The highest BCUT2D eigenvalue weighted by atomic mass is 32.2. The van der Waals surface area contributed by atoms with Gasteiger partial charge in [0.1, 0.15) is 11.3 Å². The lowest BCUT2D eigenvalue weighted by Crippen LogP contribution is -2.26. The van der Waals surface area contributed by atoms with Crippen molar-refractivity contribution in [3.63, 3.8) is 0 Å². The van der Waals surface area contributed by atoms with E-state index in [9.17, 15) is 9.59 Å². The summed E-state index contributed by atoms with van der Waals surface area (Å²) in [7, 11) is 0. The standard InChI is InChI=1S/C23H25N5O3S/c1-5-28-21-20(16(4)26-28)25-23(27(22(21)30)12-17-7-6-10-31-17)32-13-19(29)24-18-11-14(2)8-9-15(18)3/h6-11H,5,12-13H2,1-4H3,(H,24,29). The first kappa shape index (κ1) is 21.9. The number of benzene rings is 1. The Labute approximate surface area is 189 Å². The van der Waals surface area contributed by atoms with Crippen LogP contribution in [0.1, 0.15) is 29.5 Å². The second-order valence-corrected chi connectivity index (χ2v) is 8.56. The third-order valence-electron chi connectivity index (χ3n) is 5.18. The van der Waals surface area contributed by atoms with Crippen LogP contribution < -0.4 is 10.9 Å². The Balaban J connectivity index is 1.66. The van der Waals surface area contributed by atoms with Gasteiger partial charge in [-0.1, -0.05) is 23.9 Å². The van der Waals surface area contributed by atoms with Gasteiger partial charge in [0.15, 0.2) is 10.7 Å². The van der Waals surface area contributed by atoms with Crippen molar-refractivity contribution in [1.29, 1.82) is 0 Å². The molecule has 0 bridgehead atoms. The molecule has 0 saturated carbocycles. The number of hydrogen-bond donors (Lipinski definition) is 1. The molecular formula is C23H25N5O3S. The van der Waals surface area contributed by atoms with E-state index in [-0.39, 0.29) is 23.8 Å². The predicted molar refractivity (Wildman–Crippen MR) is 125 cm³/mol. The summed E-state index contributed by atoms with van der Waals surface area (Å²) in [6, 6.07) is 9.50. The van der Waals surface area contributed by atoms with Crippen molar-refractivity contribution >= 4 is 34.4 Å². The largest absolute Gasteiger partial charge is 0.467 e. The molecule has 32 heavy (non-hydrogen) atoms. The zero-order valence-electron chi connectivity index (χ0n) is 18.5. The van der Waals surface area contributed by atoms with Gasteiger partial charge in [-0.15, -0.1) is 0 Å². The maximum atomic E-state index is 13.4. The molecule has 3 heterocycles. The van der Waals surface area contributed by atoms with Gasteiger partial charge in [-0.05, 0) is 57.0 Å². The predicted octanol–water partition coefficient (Wildman–Crippen LogP) is 3.91. The Morgan fingerprint density at radius 2 is 2.03 bits per heavy atom. The van der Waals surface area contributed by atoms with E-state index in [4.69, 9.17) is 9.40 Å². The number of aromatic nitrogens is 4. The Hall–Kier alpha value is -3.33. The highest BCUT2D eigenvalue weighted by molar-refractivity contribution is 7.99. The van der Waals surface area contributed by atoms with E-state index in [1.165, 1.54) is 11.8 Å². The first-order valence-corrected chi connectivity index (χ1v) is 11.4. The van der Waals surface area contributed by atoms with Gasteiger partial charge < -0.3 is 9.73 Å². The normalized spacial score (nSPS) is 11.2. The molecular weight excluding hydrogens is 426 g/mol. The minimum Gasteiger partial charge on any atom is -0.467 e. The number of anilines is 1. The van der Waals surface area contributed by atoms with Crippen LogP contribution >= 0.6 is 11.8 Å². The fourth-order valence-corrected chi connectivity index (χ4v) is 4.30. The SMILES string of the molecule is CCn1nc(C)c2nc(SCC(=O)Nc3cc(C)ccc3C)n(Cc3ccco3)c(=O)c21. The molecule has 4 aromatic rings. The first-order valence-electron chi connectivity index (χ1n) is 10.4. The second-order valence-electron chi connectivity index (χ2n) is 7.62. The van der Waals surface area contributed by atoms with Gasteiger partial charge >= 0.3 is 0 Å². The lowest BCUT2D eigenvalue weighted by atomic mass is 10.1. The van der Waals surface area contributed by atoms with E-state index in [0.717, 1.165) is 16.8 Å². The summed E-state index contributed by atoms with van der Waals surface area (Å²) in [5.41, 5.74) is 4.35. The summed E-state index contributed by atoms with van der Waals surface area (Å²) < 4.78 is 8.66. The maximum absolute atomic E-state index is 13.4. The molecule has 0 atom stereocenters. The van der Waals surface area contributed by atoms with Gasteiger partial charge in [0.2, 0.25) is 5.91 Å². The monoisotopic (exact) mass is 451 g/mol. The molecule has 0 radical (unpaired) electrons. The smallest absolute Gasteiger partial charge is 0.280 e. The summed E-state index contributed by atoms with van der Waals surface area (Å²) in [6.45, 7) is 8.49. The van der Waals surface area contributed by atoms with Crippen LogP contribution in [0.15, 0.2) is 51.0 Å². The Morgan fingerprint density at radius 3 is 2.75 bits per heavy atom. The van der Waals surface area contributed by atoms with Crippen molar-refractivity contribution < 1.29 is 9.21 Å². The fraction of sp³-hybridized carbons (Fsp3) is 0.304. The van der Waals surface area contributed by atoms with Crippen molar-refractivity contribution in [2.45, 2.75) is 45.9 Å². The summed E-state index contributed by atoms with van der Waals surface area (Å²) >= 11 is 1.22. The molecule has 1 N–H and O–H groups in total. The molecule has 0 fully saturated rings. The first-order chi connectivity index (χ1) is 15.4. The van der Waals surface area contributed by atoms with Crippen LogP contribution in [-0.2, 0) is 17.9 Å². The highest BCUT2D eigenvalue weighted by Crippen LogP contribution is 2.22. The molecule has 4 rings (SSSR count). The van der Waals surface area contributed by atoms with Crippen LogP contribution in [0.5, 0.6) is 0 Å². The summed E-state index contributed by atoms with van der Waals surface area (Å²) in [5, 5.41) is 7.85. The number of fused-ring (bicyclic) bond motifs is 1. The molecule has 0 aliphatic heterocycles. The van der Waals surface area contributed by atoms with E-state index < -0.39 is 0 Å². The lowest BCUT2D eigenvalue weighted by molar-refractivity contribution is -0.113. The molecule has 0 aliphatic carbocycles. The van der Waals surface area contributed by atoms with Crippen LogP contribution in [0.25, 0.3) is 11.0 Å². The van der Waals surface area contributed by atoms with Crippen molar-refractivity contribution in [1.82, 2.24) is 19.3 Å². The summed E-state index contributed by atoms with van der Waals surface area (Å²) in [6.07, 6.45) is 1.57. The van der Waals surface area contributed by atoms with E-state index in [1.807, 2.05) is 45.9 Å². The Kier molecular flexibility index (Phi) is 6.18. The molecule has 3 aromatic heterocycles. The van der Waals surface area contributed by atoms with Crippen LogP contribution in [0.3, 0.4) is 0 Å². The number of carbonyl (C=O) groups excluding carboxylic acids is 1. The number of nitrogens with zero attached hydrogens (tertiary/aromatic N) is 4. The van der Waals surface area contributed by atoms with E-state index >= 15 is 0 Å². The number of aryl methyl sites for hydroxylation is 4. The second kappa shape index (κ2) is 9.04. The number of furan rings is 1. The number of hydrogen-bond acceptors (Lipinski definition) is 6. The highest BCUT2D eigenvalue weighted by Gasteiger charge is 2.20. The number of thioether (sulfide) groups is 1. The van der Waals surface area contributed by atoms with Crippen molar-refractivity contribution in [3.8, 4) is 0 Å². The van der Waals surface area contributed by atoms with Crippen LogP contribution in [-0.4, -0.2) is 31.0 Å². The zero-order valence-corrected chi connectivity index (χ0v) is 19.3. The molecule has 0 unspecified atom stereocenters. The van der Waals surface area contributed by atoms with E-state index in [2.05, 4.69) is 10.4 Å². The number of amides is 1. The third kappa shape index (κ3) is 4.34. The number of nitrogens with one attached hydrogen (secondary N) is 1. The van der Waals surface area contributed by atoms with Gasteiger partial charge in [0.25, 0.3) is 5.56 Å². The van der Waals surface area contributed by atoms with Gasteiger partial charge in [0.05, 0.1) is 24.3 Å². The molecule has 0 saturated heterocycles. The molecule has 8 nitrogen and oxygen atoms in total. The summed E-state index contributed by atoms with van der Waals surface area (Å²) in [4.78, 5) is 30.8. The van der Waals surface area contributed by atoms with Crippen molar-refractivity contribution in [2.24, 2.45) is 0 Å². The molecule has 1 aromatic carbocycles. The van der Waals surface area contributed by atoms with Gasteiger partial charge in [-0.25, -0.2) is 4.98 Å². The van der Waals surface area contributed by atoms with Crippen LogP contribution in [0.4, 0.5) is 5.69 Å². The molecule has 166 valence electrons. The van der Waals surface area contributed by atoms with Crippen LogP contribution in [0.2, 0.25) is 0 Å². The number of rotatable bonds is 7. The van der Waals surface area contributed by atoms with Crippen molar-refractivity contribution in [3.05, 3.63) is 69.5 Å². The van der Waals surface area contributed by atoms with Crippen molar-refractivity contribution in [2.75, 3.05) is 11.1 Å². The molecule has 0 aliphatic rings. The average Bonchev–Trinajstić information content (AvgIpc) is 3.39. The Bertz CT molecular complexity index is 1340. The third-order valence-corrected chi connectivity index (χ3v) is 6.15. The van der Waals surface area contributed by atoms with Gasteiger partial charge in [-0.2, -0.15) is 5.10 Å². The quantitative estimate of drug-likeness (QED) is 0.338. The van der Waals surface area contributed by atoms with E-state index in [1.54, 1.807) is 27.6 Å². The minimum absolute atomic E-state index is 0.116. The lowest BCUT2D eigenvalue weighted by Gasteiger charge is -2.12. The van der Waals surface area contributed by atoms with Gasteiger partial charge in [0, 0.05) is 12.2 Å². The molecule has 0 spiro atoms. The Morgan fingerprint density at radius 1 is 1.22 bits per heavy atom. The van der Waals surface area contributed by atoms with E-state index in [0.29, 0.717) is 34.2 Å². The zero-order chi connectivity index (χ0) is 22.8. The topological polar surface area (TPSA) is 95.0 Å². The molecule has 1 amide bonds. The fourth-order valence-electron chi connectivity index (χ4n) is 3.51. The van der Waals surface area contributed by atoms with Crippen LogP contribution in [0, 0.1) is 20.8 Å².